The van der Waals surface area contributed by atoms with Gasteiger partial charge in [0, 0.05) is 32.7 Å². The van der Waals surface area contributed by atoms with E-state index < -0.39 is 10.0 Å². The molecule has 1 saturated heterocycles. The van der Waals surface area contributed by atoms with Gasteiger partial charge in [-0.25, -0.2) is 13.2 Å². The van der Waals surface area contributed by atoms with Crippen molar-refractivity contribution in [3.05, 3.63) is 65.2 Å². The Kier molecular flexibility index (Phi) is 6.72. The van der Waals surface area contributed by atoms with Crippen LogP contribution in [0.25, 0.3) is 0 Å². The van der Waals surface area contributed by atoms with Crippen LogP contribution in [-0.2, 0) is 21.3 Å². The standard InChI is InChI=1S/C22H28N2O4S/c1-17(2)19-8-10-21(11-9-19)29(26,27)24-14-12-23(13-15-24)16-18-4-6-20(7-5-18)22(25)28-3/h4-11,17H,12-16H2,1-3H3. The zero-order chi connectivity index (χ0) is 21.0. The van der Waals surface area contributed by atoms with Crippen LogP contribution in [0.3, 0.4) is 0 Å². The molecule has 0 unspecified atom stereocenters. The van der Waals surface area contributed by atoms with Crippen molar-refractivity contribution in [1.29, 1.82) is 0 Å². The number of carbonyl (C=O) groups excluding carboxylic acids is 1. The Morgan fingerprint density at radius 3 is 2.07 bits per heavy atom. The fourth-order valence-corrected chi connectivity index (χ4v) is 4.85. The summed E-state index contributed by atoms with van der Waals surface area (Å²) in [6.45, 7) is 7.17. The number of nitrogens with zero attached hydrogens (tertiary/aromatic N) is 2. The Morgan fingerprint density at radius 1 is 0.966 bits per heavy atom. The molecule has 6 nitrogen and oxygen atoms in total. The van der Waals surface area contributed by atoms with Crippen molar-refractivity contribution in [1.82, 2.24) is 9.21 Å². The molecule has 0 spiro atoms. The number of piperazine rings is 1. The van der Waals surface area contributed by atoms with Crippen LogP contribution in [0.5, 0.6) is 0 Å². The molecule has 0 radical (unpaired) electrons. The van der Waals surface area contributed by atoms with Crippen LogP contribution < -0.4 is 0 Å². The predicted molar refractivity (Wildman–Crippen MR) is 112 cm³/mol. The average molecular weight is 417 g/mol. The van der Waals surface area contributed by atoms with Gasteiger partial charge in [0.25, 0.3) is 0 Å². The van der Waals surface area contributed by atoms with E-state index in [9.17, 15) is 13.2 Å². The van der Waals surface area contributed by atoms with Crippen LogP contribution in [0.2, 0.25) is 0 Å². The van der Waals surface area contributed by atoms with Crippen LogP contribution in [0, 0.1) is 0 Å². The lowest BCUT2D eigenvalue weighted by Gasteiger charge is -2.34. The minimum atomic E-state index is -3.46. The van der Waals surface area contributed by atoms with Crippen molar-refractivity contribution in [2.24, 2.45) is 0 Å². The molecule has 0 aliphatic carbocycles. The molecule has 1 aliphatic rings. The maximum Gasteiger partial charge on any atom is 0.337 e. The number of sulfonamides is 1. The van der Waals surface area contributed by atoms with Crippen molar-refractivity contribution in [3.63, 3.8) is 0 Å². The maximum atomic E-state index is 12.9. The van der Waals surface area contributed by atoms with Crippen LogP contribution >= 0.6 is 0 Å². The summed E-state index contributed by atoms with van der Waals surface area (Å²) in [5.74, 6) is 0.0220. The molecule has 0 N–H and O–H groups in total. The molecule has 7 heteroatoms. The highest BCUT2D eigenvalue weighted by atomic mass is 32.2. The topological polar surface area (TPSA) is 66.9 Å². The van der Waals surface area contributed by atoms with Gasteiger partial charge in [0.05, 0.1) is 17.6 Å². The summed E-state index contributed by atoms with van der Waals surface area (Å²) in [5.41, 5.74) is 2.74. The molecule has 29 heavy (non-hydrogen) atoms. The molecule has 156 valence electrons. The quantitative estimate of drug-likeness (QED) is 0.677. The van der Waals surface area contributed by atoms with Gasteiger partial charge in [0.15, 0.2) is 0 Å². The third-order valence-electron chi connectivity index (χ3n) is 5.30. The van der Waals surface area contributed by atoms with Gasteiger partial charge < -0.3 is 4.74 Å². The summed E-state index contributed by atoms with van der Waals surface area (Å²) in [6.07, 6.45) is 0. The Morgan fingerprint density at radius 2 is 1.55 bits per heavy atom. The maximum absolute atomic E-state index is 12.9. The van der Waals surface area contributed by atoms with E-state index in [4.69, 9.17) is 4.74 Å². The number of ether oxygens (including phenoxy) is 1. The molecule has 1 heterocycles. The Hall–Kier alpha value is -2.22. The molecule has 2 aromatic rings. The van der Waals surface area contributed by atoms with E-state index in [1.165, 1.54) is 7.11 Å². The first-order valence-electron chi connectivity index (χ1n) is 9.81. The van der Waals surface area contributed by atoms with Gasteiger partial charge in [0.2, 0.25) is 10.0 Å². The predicted octanol–water partition coefficient (Wildman–Crippen LogP) is 3.10. The third-order valence-corrected chi connectivity index (χ3v) is 7.21. The highest BCUT2D eigenvalue weighted by Crippen LogP contribution is 2.21. The number of esters is 1. The summed E-state index contributed by atoms with van der Waals surface area (Å²) >= 11 is 0. The molecule has 1 aliphatic heterocycles. The van der Waals surface area contributed by atoms with Crippen LogP contribution in [-0.4, -0.2) is 56.9 Å². The van der Waals surface area contributed by atoms with Crippen molar-refractivity contribution < 1.29 is 17.9 Å². The Bertz CT molecular complexity index is 930. The summed E-state index contributed by atoms with van der Waals surface area (Å²) in [6, 6.07) is 14.5. The largest absolute Gasteiger partial charge is 0.465 e. The van der Waals surface area contributed by atoms with Crippen LogP contribution in [0.1, 0.15) is 41.3 Å². The number of benzene rings is 2. The number of hydrogen-bond donors (Lipinski definition) is 0. The molecule has 0 bridgehead atoms. The minimum Gasteiger partial charge on any atom is -0.465 e. The third kappa shape index (κ3) is 5.04. The van der Waals surface area contributed by atoms with E-state index in [2.05, 4.69) is 18.7 Å². The second-order valence-corrected chi connectivity index (χ2v) is 9.53. The van der Waals surface area contributed by atoms with Crippen molar-refractivity contribution in [3.8, 4) is 0 Å². The lowest BCUT2D eigenvalue weighted by molar-refractivity contribution is 0.0600. The first-order valence-corrected chi connectivity index (χ1v) is 11.2. The fraction of sp³-hybridized carbons (Fsp3) is 0.409. The second-order valence-electron chi connectivity index (χ2n) is 7.59. The van der Waals surface area contributed by atoms with Gasteiger partial charge in [0.1, 0.15) is 0 Å². The Balaban J connectivity index is 1.58. The lowest BCUT2D eigenvalue weighted by atomic mass is 10.0. The minimum absolute atomic E-state index is 0.350. The lowest BCUT2D eigenvalue weighted by Crippen LogP contribution is -2.48. The summed E-state index contributed by atoms with van der Waals surface area (Å²) < 4.78 is 32.1. The van der Waals surface area contributed by atoms with Gasteiger partial charge in [-0.1, -0.05) is 38.1 Å². The van der Waals surface area contributed by atoms with E-state index in [0.29, 0.717) is 42.6 Å². The Labute approximate surface area is 173 Å². The summed E-state index contributed by atoms with van der Waals surface area (Å²) in [4.78, 5) is 14.1. The molecule has 0 saturated carbocycles. The van der Waals surface area contributed by atoms with Crippen molar-refractivity contribution in [2.45, 2.75) is 31.2 Å². The molecule has 2 aromatic carbocycles. The molecule has 3 rings (SSSR count). The first kappa shape index (κ1) is 21.5. The van der Waals surface area contributed by atoms with E-state index >= 15 is 0 Å². The highest BCUT2D eigenvalue weighted by molar-refractivity contribution is 7.89. The fourth-order valence-electron chi connectivity index (χ4n) is 3.42. The normalized spacial score (nSPS) is 16.1. The van der Waals surface area contributed by atoms with Crippen LogP contribution in [0.4, 0.5) is 0 Å². The number of methoxy groups -OCH3 is 1. The van der Waals surface area contributed by atoms with Crippen LogP contribution in [0.15, 0.2) is 53.4 Å². The van der Waals surface area contributed by atoms with E-state index in [1.54, 1.807) is 28.6 Å². The first-order chi connectivity index (χ1) is 13.8. The smallest absolute Gasteiger partial charge is 0.337 e. The number of hydrogen-bond acceptors (Lipinski definition) is 5. The van der Waals surface area contributed by atoms with Gasteiger partial charge in [-0.05, 0) is 41.3 Å². The van der Waals surface area contributed by atoms with E-state index in [1.807, 2.05) is 24.3 Å². The average Bonchev–Trinajstić information content (AvgIpc) is 2.74. The van der Waals surface area contributed by atoms with Gasteiger partial charge in [-0.3, -0.25) is 4.90 Å². The monoisotopic (exact) mass is 416 g/mol. The zero-order valence-electron chi connectivity index (χ0n) is 17.2. The summed E-state index contributed by atoms with van der Waals surface area (Å²) in [7, 11) is -2.10. The zero-order valence-corrected chi connectivity index (χ0v) is 18.0. The molecular formula is C22H28N2O4S. The molecular weight excluding hydrogens is 388 g/mol. The van der Waals surface area contributed by atoms with Gasteiger partial charge in [-0.2, -0.15) is 4.31 Å². The number of carbonyl (C=O) groups is 1. The van der Waals surface area contributed by atoms with Crippen molar-refractivity contribution in [2.75, 3.05) is 33.3 Å². The molecule has 1 fully saturated rings. The van der Waals surface area contributed by atoms with E-state index in [-0.39, 0.29) is 5.97 Å². The van der Waals surface area contributed by atoms with Gasteiger partial charge >= 0.3 is 5.97 Å². The highest BCUT2D eigenvalue weighted by Gasteiger charge is 2.28. The molecule has 0 aromatic heterocycles. The van der Waals surface area contributed by atoms with Crippen molar-refractivity contribution >= 4 is 16.0 Å². The molecule has 0 amide bonds. The number of rotatable bonds is 6. The SMILES string of the molecule is COC(=O)c1ccc(CN2CCN(S(=O)(=O)c3ccc(C(C)C)cc3)CC2)cc1. The van der Waals surface area contributed by atoms with Gasteiger partial charge in [-0.15, -0.1) is 0 Å². The molecule has 0 atom stereocenters. The van der Waals surface area contributed by atoms with E-state index in [0.717, 1.165) is 17.7 Å². The second kappa shape index (κ2) is 9.07. The summed E-state index contributed by atoms with van der Waals surface area (Å²) in [5, 5.41) is 0.